The molecule has 1 heterocycles. The Morgan fingerprint density at radius 2 is 0.697 bits per heavy atom. The maximum absolute atomic E-state index is 14.1. The van der Waals surface area contributed by atoms with Crippen molar-refractivity contribution in [1.29, 1.82) is 0 Å². The fraction of sp³-hybridized carbons (Fsp3) is 0.857. The summed E-state index contributed by atoms with van der Waals surface area (Å²) in [6.45, 7) is 46.0. The highest BCUT2D eigenvalue weighted by Crippen LogP contribution is 2.71. The minimum absolute atomic E-state index is 0.0147. The van der Waals surface area contributed by atoms with Gasteiger partial charge in [0, 0.05) is 14.2 Å². The molecule has 17 aliphatic rings. The Kier molecular flexibility index (Phi) is 39.5. The van der Waals surface area contributed by atoms with Crippen LogP contribution in [-0.2, 0) is 24.4 Å². The van der Waals surface area contributed by atoms with Crippen LogP contribution < -0.4 is 0 Å². The first-order chi connectivity index (χ1) is 67.2. The molecule has 13 saturated carbocycles. The van der Waals surface area contributed by atoms with Crippen molar-refractivity contribution >= 4 is 19.7 Å². The average Bonchev–Trinajstić information content (AvgIpc) is 1.55. The number of aliphatic hydroxyl groups is 9. The van der Waals surface area contributed by atoms with Crippen LogP contribution in [0.3, 0.4) is 0 Å². The van der Waals surface area contributed by atoms with Gasteiger partial charge in [-0.3, -0.25) is 0 Å². The van der Waals surface area contributed by atoms with E-state index in [-0.39, 0.29) is 52.1 Å². The minimum Gasteiger partial charge on any atom is -0.400 e. The van der Waals surface area contributed by atoms with Gasteiger partial charge < -0.3 is 50.7 Å². The zero-order valence-electron chi connectivity index (χ0n) is 93.6. The second-order valence-corrected chi connectivity index (χ2v) is 58.1. The predicted octanol–water partition coefficient (Wildman–Crippen LogP) is 27.5. The van der Waals surface area contributed by atoms with Crippen LogP contribution in [-0.4, -0.2) is 141 Å². The zero-order chi connectivity index (χ0) is 104. The van der Waals surface area contributed by atoms with Crippen molar-refractivity contribution in [2.45, 2.75) is 470 Å². The van der Waals surface area contributed by atoms with Crippen molar-refractivity contribution in [3.05, 3.63) is 95.6 Å². The summed E-state index contributed by atoms with van der Waals surface area (Å²) in [4.78, 5) is 0.852. The second kappa shape index (κ2) is 48.2. The monoisotopic (exact) mass is 2010 g/mol. The van der Waals surface area contributed by atoms with E-state index >= 15 is 0 Å². The van der Waals surface area contributed by atoms with Crippen molar-refractivity contribution in [3.8, 4) is 0 Å². The number of hydrogen-bond acceptors (Lipinski definition) is 14. The van der Waals surface area contributed by atoms with Crippen LogP contribution in [0.15, 0.2) is 105 Å². The first-order valence-electron chi connectivity index (χ1n) is 59.3. The van der Waals surface area contributed by atoms with Gasteiger partial charge in [-0.15, -0.1) is 0 Å². The summed E-state index contributed by atoms with van der Waals surface area (Å²) in [6, 6.07) is 17.9. The number of fused-ring (bicyclic) bond motifs is 20. The fourth-order valence-corrected chi connectivity index (χ4v) is 40.6. The van der Waals surface area contributed by atoms with E-state index < -0.39 is 47.8 Å². The van der Waals surface area contributed by atoms with E-state index in [0.717, 1.165) is 231 Å². The fourth-order valence-electron chi connectivity index (χ4n) is 36.9. The molecule has 0 radical (unpaired) electrons. The van der Waals surface area contributed by atoms with Crippen LogP contribution in [0.1, 0.15) is 408 Å². The summed E-state index contributed by atoms with van der Waals surface area (Å²) < 4.78 is 59.3. The van der Waals surface area contributed by atoms with Crippen LogP contribution in [0.4, 0.5) is 0 Å². The van der Waals surface area contributed by atoms with Gasteiger partial charge in [0.05, 0.1) is 74.2 Å². The molecule has 810 valence electrons. The smallest absolute Gasteiger partial charge is 0.181 e. The number of hydrogen-bond donors (Lipinski definition) is 9. The van der Waals surface area contributed by atoms with Gasteiger partial charge >= 0.3 is 0 Å². The summed E-state index contributed by atoms with van der Waals surface area (Å²) in [5, 5.41) is 88.6. The Balaban J connectivity index is 0.000000155. The Bertz CT molecular complexity index is 4620. The molecule has 16 aliphatic carbocycles. The van der Waals surface area contributed by atoms with Crippen LogP contribution in [0, 0.1) is 193 Å². The van der Waals surface area contributed by atoms with Gasteiger partial charge in [0.1, 0.15) is 0 Å². The molecule has 0 amide bonds. The van der Waals surface area contributed by atoms with E-state index in [0.29, 0.717) is 92.3 Å². The SMILES string of the molecule is CC(C)[C@@H]1CO1.CC[C@]1(O)CC[C@H]2C(=CC[C@@H]3[C@@H]2CC[C@]2(C)[C@@H]([C@H](C)C(C[C@H](O)C(C)C)S(=O)(=O)c4ccccc4)CC[C@@H]32)C1.CC[C@]1(O)CC[C@H]2C(=CC[C@@H]3[C@@H]2CC[C@]2(C)[C@@H]([C@H](C)CC[C@H](O)C(C)C)CC[C@@H]32)C1.CC[C@]1(O)CC[C@H]2C(=CC[C@@H]3[C@@H]2CC[C@]2(C)[C@@H]([C@H](C)CS(=O)(=O)c4ccccc4)CC[C@@H]32)C1.CC[C@]1(O)CC[C@H]2[C@@H](CC[C@@H]3[C@@H]2CC[C@]2(C)[C@@H]([C@H](C)CC[C@H](O)C(C)C)CC[C@@H]32)C1.CO.CO. The van der Waals surface area contributed by atoms with E-state index in [4.69, 9.17) is 14.9 Å². The normalized spacial score (nSPS) is 41.4. The predicted molar refractivity (Wildman–Crippen MR) is 582 cm³/mol. The molecule has 9 N–H and O–H groups in total. The third-order valence-corrected chi connectivity index (χ3v) is 50.2. The first kappa shape index (κ1) is 116. The average molecular weight is 2010 g/mol. The van der Waals surface area contributed by atoms with Crippen molar-refractivity contribution in [2.75, 3.05) is 26.6 Å². The number of epoxide rings is 1. The quantitative estimate of drug-likeness (QED) is 0.0313. The Hall–Kier alpha value is -2.84. The van der Waals surface area contributed by atoms with Crippen molar-refractivity contribution < 1.29 is 67.5 Å². The van der Waals surface area contributed by atoms with Crippen LogP contribution >= 0.6 is 0 Å². The lowest BCUT2D eigenvalue weighted by Gasteiger charge is -2.57. The molecule has 14 fully saturated rings. The lowest BCUT2D eigenvalue weighted by atomic mass is 9.48. The highest BCUT2D eigenvalue weighted by molar-refractivity contribution is 7.92. The molecular formula is C126H210O14S2. The maximum atomic E-state index is 14.1. The molecule has 19 rings (SSSR count). The molecule has 1 unspecified atom stereocenters. The molecule has 0 bridgehead atoms. The summed E-state index contributed by atoms with van der Waals surface area (Å²) in [5.74, 6) is 19.5. The molecule has 1 saturated heterocycles. The van der Waals surface area contributed by atoms with E-state index in [2.05, 4.69) is 143 Å². The van der Waals surface area contributed by atoms with Gasteiger partial charge in [0.2, 0.25) is 0 Å². The molecule has 2 aromatic carbocycles. The Labute approximate surface area is 866 Å². The number of aliphatic hydroxyl groups excluding tert-OH is 5. The van der Waals surface area contributed by atoms with Crippen molar-refractivity contribution in [1.82, 2.24) is 0 Å². The molecule has 0 spiro atoms. The first-order valence-corrected chi connectivity index (χ1v) is 62.5. The van der Waals surface area contributed by atoms with Gasteiger partial charge in [0.25, 0.3) is 0 Å². The van der Waals surface area contributed by atoms with Gasteiger partial charge in [-0.1, -0.05) is 210 Å². The Morgan fingerprint density at radius 3 is 1.06 bits per heavy atom. The standard InChI is InChI=1S/C34H52O4S.C29H42O3S.C28H50O2.C28H48O2.C5H10O.2CH4O/c1-6-34(36)19-17-26-24(21-34)12-13-28-27(26)16-18-33(5)29(14-15-30(28)33)23(4)32(20-31(35)22(2)3)39(37,38)25-10-8-7-9-11-25;1-4-29(30)17-15-23-21(18-29)10-11-25-24(23)14-16-28(3)26(12-13-27(25)28)20(2)19-33(31,32)22-8-6-5-7-9-22;2*1-6-28(30)16-14-21-20(17-28)8-9-23-22(21)13-15-27(5)24(10-11-25(23)27)19(4)7-12-26(29)18(2)3;1-4(2)5-3-6-5;2*1-2/h7-12,22-23,26-32,35-36H,6,13-21H2,1-5H3;5-10,20,23-27,30H,4,11-19H2,1-3H3;18-26,29-30H,6-17H2,1-5H3;8,18-19,21-26,29-30H,6-7,9-17H2,1-5H3;4-5H,3H2,1-2H3;2*2H,1H3/t23-,26-,27+,28+,29+,30-,31-,32?,33+,34-;20-,23+,24-,25-,26-,27+,28-,29+;19-,20+,21+,22-,23-,24-,25+,26+,27-,28+;19-,21+,22-,23-,24-,25+,26+,27-,28+;5-;;/m01110../s1. The maximum Gasteiger partial charge on any atom is 0.181 e. The third kappa shape index (κ3) is 24.7. The minimum atomic E-state index is -3.58. The van der Waals surface area contributed by atoms with E-state index in [9.17, 15) is 52.6 Å². The molecule has 2 aromatic rings. The van der Waals surface area contributed by atoms with Crippen LogP contribution in [0.5, 0.6) is 0 Å². The summed E-state index contributed by atoms with van der Waals surface area (Å²) in [5.41, 5.74) is 4.36. The number of allylic oxidation sites excluding steroid dienone is 3. The highest BCUT2D eigenvalue weighted by atomic mass is 32.2. The van der Waals surface area contributed by atoms with Gasteiger partial charge in [-0.25, -0.2) is 16.8 Å². The molecule has 142 heavy (non-hydrogen) atoms. The molecule has 16 heteroatoms. The Morgan fingerprint density at radius 1 is 0.359 bits per heavy atom. The van der Waals surface area contributed by atoms with E-state index in [1.165, 1.54) is 153 Å². The topological polar surface area (TPSA) is 263 Å². The highest BCUT2D eigenvalue weighted by Gasteiger charge is 2.64. The van der Waals surface area contributed by atoms with E-state index in [1.807, 2.05) is 38.1 Å². The van der Waals surface area contributed by atoms with Gasteiger partial charge in [-0.2, -0.15) is 0 Å². The number of sulfone groups is 2. The lowest BCUT2D eigenvalue weighted by molar-refractivity contribution is -0.109. The van der Waals surface area contributed by atoms with Crippen molar-refractivity contribution in [2.24, 2.45) is 193 Å². The lowest BCUT2D eigenvalue weighted by Crippen LogP contribution is -2.51. The summed E-state index contributed by atoms with van der Waals surface area (Å²) in [7, 11) is -4.82. The van der Waals surface area contributed by atoms with Crippen LogP contribution in [0.2, 0.25) is 0 Å². The largest absolute Gasteiger partial charge is 0.400 e. The van der Waals surface area contributed by atoms with Crippen molar-refractivity contribution in [3.63, 3.8) is 0 Å². The molecule has 14 nitrogen and oxygen atoms in total. The zero-order valence-corrected chi connectivity index (χ0v) is 95.3. The second-order valence-electron chi connectivity index (χ2n) is 53.9. The van der Waals surface area contributed by atoms with E-state index in [1.54, 1.807) is 47.5 Å². The third-order valence-electron chi connectivity index (χ3n) is 45.9. The number of benzene rings is 2. The molecule has 38 atom stereocenters. The molecular weight excluding hydrogens is 1800 g/mol. The molecule has 0 aromatic heterocycles. The number of rotatable bonds is 26. The summed E-state index contributed by atoms with van der Waals surface area (Å²) >= 11 is 0. The summed E-state index contributed by atoms with van der Waals surface area (Å²) in [6.07, 6.45) is 55.3. The van der Waals surface area contributed by atoms with Crippen LogP contribution in [0.25, 0.3) is 0 Å². The van der Waals surface area contributed by atoms with Gasteiger partial charge in [0.15, 0.2) is 19.7 Å². The number of ether oxygens (including phenoxy) is 1. The molecule has 1 aliphatic heterocycles. The van der Waals surface area contributed by atoms with Gasteiger partial charge in [-0.05, 0) is 487 Å².